The fraction of sp³-hybridized carbons (Fsp3) is 0.667. The predicted octanol–water partition coefficient (Wildman–Crippen LogP) is 1.87. The number of hydrogen-bond donors (Lipinski definition) is 1. The second-order valence-electron chi connectivity index (χ2n) is 4.49. The Labute approximate surface area is 102 Å². The molecule has 1 unspecified atom stereocenters. The summed E-state index contributed by atoms with van der Waals surface area (Å²) >= 11 is 0. The number of hydrogen-bond acceptors (Lipinski definition) is 4. The first kappa shape index (κ1) is 13.7. The van der Waals surface area contributed by atoms with Gasteiger partial charge in [-0.05, 0) is 13.8 Å². The molecule has 1 aromatic heterocycles. The molecule has 1 N–H and O–H groups in total. The zero-order valence-corrected chi connectivity index (χ0v) is 11.0. The Bertz CT molecular complexity index is 385. The number of amides is 1. The number of ether oxygens (including phenoxy) is 1. The summed E-state index contributed by atoms with van der Waals surface area (Å²) in [6.45, 7) is 8.07. The van der Waals surface area contributed by atoms with Crippen LogP contribution in [0.1, 0.15) is 48.5 Å². The van der Waals surface area contributed by atoms with Crippen LogP contribution >= 0.6 is 0 Å². The van der Waals surface area contributed by atoms with E-state index in [2.05, 4.69) is 10.5 Å². The SMILES string of the molecule is COCC(C)NC(=O)c1c(C)noc1C(C)C. The summed E-state index contributed by atoms with van der Waals surface area (Å²) in [5.41, 5.74) is 1.17. The highest BCUT2D eigenvalue weighted by Gasteiger charge is 2.23. The molecule has 96 valence electrons. The third-order valence-corrected chi connectivity index (χ3v) is 2.43. The van der Waals surface area contributed by atoms with Gasteiger partial charge in [-0.2, -0.15) is 0 Å². The Morgan fingerprint density at radius 1 is 1.47 bits per heavy atom. The summed E-state index contributed by atoms with van der Waals surface area (Å²) in [7, 11) is 1.60. The maximum Gasteiger partial charge on any atom is 0.257 e. The van der Waals surface area contributed by atoms with Gasteiger partial charge < -0.3 is 14.6 Å². The Kier molecular flexibility index (Phi) is 4.69. The molecule has 0 aromatic carbocycles. The van der Waals surface area contributed by atoms with E-state index >= 15 is 0 Å². The highest BCUT2D eigenvalue weighted by Crippen LogP contribution is 2.22. The molecule has 1 aromatic rings. The predicted molar refractivity (Wildman–Crippen MR) is 64.1 cm³/mol. The molecule has 1 atom stereocenters. The van der Waals surface area contributed by atoms with Crippen LogP contribution in [0.2, 0.25) is 0 Å². The van der Waals surface area contributed by atoms with E-state index < -0.39 is 0 Å². The molecular formula is C12H20N2O3. The third-order valence-electron chi connectivity index (χ3n) is 2.43. The number of carbonyl (C=O) groups is 1. The number of aryl methyl sites for hydroxylation is 1. The van der Waals surface area contributed by atoms with E-state index in [1.54, 1.807) is 14.0 Å². The average molecular weight is 240 g/mol. The van der Waals surface area contributed by atoms with Crippen LogP contribution in [-0.4, -0.2) is 30.8 Å². The van der Waals surface area contributed by atoms with E-state index in [-0.39, 0.29) is 17.9 Å². The summed E-state index contributed by atoms with van der Waals surface area (Å²) < 4.78 is 10.2. The van der Waals surface area contributed by atoms with Crippen molar-refractivity contribution in [1.82, 2.24) is 10.5 Å². The van der Waals surface area contributed by atoms with E-state index in [4.69, 9.17) is 9.26 Å². The van der Waals surface area contributed by atoms with E-state index in [1.165, 1.54) is 0 Å². The van der Waals surface area contributed by atoms with Gasteiger partial charge in [0.05, 0.1) is 12.3 Å². The molecule has 0 radical (unpaired) electrons. The minimum Gasteiger partial charge on any atom is -0.383 e. The van der Waals surface area contributed by atoms with Gasteiger partial charge in [0.2, 0.25) is 0 Å². The van der Waals surface area contributed by atoms with E-state index in [1.807, 2.05) is 20.8 Å². The molecular weight excluding hydrogens is 220 g/mol. The zero-order valence-electron chi connectivity index (χ0n) is 11.0. The summed E-state index contributed by atoms with van der Waals surface area (Å²) in [5, 5.41) is 6.70. The molecule has 0 spiro atoms. The first-order valence-corrected chi connectivity index (χ1v) is 5.73. The summed E-state index contributed by atoms with van der Waals surface area (Å²) in [6, 6.07) is -0.0400. The molecule has 1 rings (SSSR count). The van der Waals surface area contributed by atoms with Crippen LogP contribution in [0.5, 0.6) is 0 Å². The second kappa shape index (κ2) is 5.82. The van der Waals surface area contributed by atoms with Gasteiger partial charge in [0.25, 0.3) is 5.91 Å². The van der Waals surface area contributed by atoms with Gasteiger partial charge in [0, 0.05) is 19.1 Å². The second-order valence-corrected chi connectivity index (χ2v) is 4.49. The molecule has 0 bridgehead atoms. The van der Waals surface area contributed by atoms with Crippen molar-refractivity contribution in [3.8, 4) is 0 Å². The maximum atomic E-state index is 12.1. The number of aromatic nitrogens is 1. The zero-order chi connectivity index (χ0) is 13.0. The monoisotopic (exact) mass is 240 g/mol. The minimum atomic E-state index is -0.156. The van der Waals surface area contributed by atoms with Crippen LogP contribution in [0.15, 0.2) is 4.52 Å². The smallest absolute Gasteiger partial charge is 0.257 e. The van der Waals surface area contributed by atoms with Crippen molar-refractivity contribution in [2.75, 3.05) is 13.7 Å². The van der Waals surface area contributed by atoms with Gasteiger partial charge in [-0.1, -0.05) is 19.0 Å². The Morgan fingerprint density at radius 3 is 2.65 bits per heavy atom. The molecule has 0 aliphatic heterocycles. The van der Waals surface area contributed by atoms with Crippen LogP contribution in [-0.2, 0) is 4.74 Å². The average Bonchev–Trinajstić information content (AvgIpc) is 2.60. The lowest BCUT2D eigenvalue weighted by Gasteiger charge is -2.13. The van der Waals surface area contributed by atoms with Crippen LogP contribution < -0.4 is 5.32 Å². The fourth-order valence-electron chi connectivity index (χ4n) is 1.65. The van der Waals surface area contributed by atoms with Gasteiger partial charge in [0.15, 0.2) is 5.76 Å². The maximum absolute atomic E-state index is 12.1. The largest absolute Gasteiger partial charge is 0.383 e. The summed E-state index contributed by atoms with van der Waals surface area (Å²) in [6.07, 6.45) is 0. The third kappa shape index (κ3) is 3.30. The van der Waals surface area contributed by atoms with Gasteiger partial charge in [-0.25, -0.2) is 0 Å². The van der Waals surface area contributed by atoms with E-state index in [0.717, 1.165) is 0 Å². The van der Waals surface area contributed by atoms with Crippen molar-refractivity contribution in [3.05, 3.63) is 17.0 Å². The van der Waals surface area contributed by atoms with Crippen molar-refractivity contribution >= 4 is 5.91 Å². The number of rotatable bonds is 5. The van der Waals surface area contributed by atoms with Gasteiger partial charge >= 0.3 is 0 Å². The molecule has 0 aliphatic carbocycles. The number of nitrogens with one attached hydrogen (secondary N) is 1. The van der Waals surface area contributed by atoms with Crippen molar-refractivity contribution in [3.63, 3.8) is 0 Å². The van der Waals surface area contributed by atoms with Gasteiger partial charge in [-0.3, -0.25) is 4.79 Å². The van der Waals surface area contributed by atoms with Crippen molar-refractivity contribution < 1.29 is 14.1 Å². The Balaban J connectivity index is 2.84. The Morgan fingerprint density at radius 2 is 2.12 bits per heavy atom. The molecule has 5 heteroatoms. The van der Waals surface area contributed by atoms with Crippen molar-refractivity contribution in [2.24, 2.45) is 0 Å². The molecule has 1 heterocycles. The van der Waals surface area contributed by atoms with Crippen LogP contribution in [0.4, 0.5) is 0 Å². The summed E-state index contributed by atoms with van der Waals surface area (Å²) in [5.74, 6) is 0.608. The highest BCUT2D eigenvalue weighted by molar-refractivity contribution is 5.96. The number of carbonyl (C=O) groups excluding carboxylic acids is 1. The van der Waals surface area contributed by atoms with Gasteiger partial charge in [-0.15, -0.1) is 0 Å². The first-order valence-electron chi connectivity index (χ1n) is 5.73. The van der Waals surface area contributed by atoms with Crippen LogP contribution in [0, 0.1) is 6.92 Å². The molecule has 1 amide bonds. The van der Waals surface area contributed by atoms with Crippen LogP contribution in [0.25, 0.3) is 0 Å². The molecule has 0 saturated heterocycles. The molecule has 0 aliphatic rings. The molecule has 17 heavy (non-hydrogen) atoms. The lowest BCUT2D eigenvalue weighted by Crippen LogP contribution is -2.36. The van der Waals surface area contributed by atoms with Crippen molar-refractivity contribution in [1.29, 1.82) is 0 Å². The summed E-state index contributed by atoms with van der Waals surface area (Å²) in [4.78, 5) is 12.1. The lowest BCUT2D eigenvalue weighted by atomic mass is 10.0. The Hall–Kier alpha value is -1.36. The van der Waals surface area contributed by atoms with Gasteiger partial charge in [0.1, 0.15) is 5.56 Å². The quantitative estimate of drug-likeness (QED) is 0.853. The minimum absolute atomic E-state index is 0.0400. The number of methoxy groups -OCH3 is 1. The molecule has 0 saturated carbocycles. The van der Waals surface area contributed by atoms with E-state index in [0.29, 0.717) is 23.6 Å². The van der Waals surface area contributed by atoms with E-state index in [9.17, 15) is 4.79 Å². The highest BCUT2D eigenvalue weighted by atomic mass is 16.5. The topological polar surface area (TPSA) is 64.4 Å². The molecule has 0 fully saturated rings. The number of nitrogens with zero attached hydrogens (tertiary/aromatic N) is 1. The van der Waals surface area contributed by atoms with Crippen molar-refractivity contribution in [2.45, 2.75) is 39.7 Å². The lowest BCUT2D eigenvalue weighted by molar-refractivity contribution is 0.0902. The molecule has 5 nitrogen and oxygen atoms in total. The first-order chi connectivity index (χ1) is 7.97. The fourth-order valence-corrected chi connectivity index (χ4v) is 1.65. The standard InChI is InChI=1S/C12H20N2O3/c1-7(2)11-10(9(4)14-17-11)12(15)13-8(3)6-16-5/h7-8H,6H2,1-5H3,(H,13,15). The van der Waals surface area contributed by atoms with Crippen LogP contribution in [0.3, 0.4) is 0 Å². The normalized spacial score (nSPS) is 12.8.